The average molecular weight is 165 g/mol. The highest BCUT2D eigenvalue weighted by atomic mass is 19.1. The molecular formula is C10H12FN. The Morgan fingerprint density at radius 2 is 2.25 bits per heavy atom. The average Bonchev–Trinajstić information content (AvgIpc) is 2.84. The van der Waals surface area contributed by atoms with E-state index in [4.69, 9.17) is 0 Å². The Bertz CT molecular complexity index is 292. The summed E-state index contributed by atoms with van der Waals surface area (Å²) in [6.45, 7) is 2.15. The van der Waals surface area contributed by atoms with Gasteiger partial charge in [-0.3, -0.25) is 4.98 Å². The van der Waals surface area contributed by atoms with Crippen molar-refractivity contribution in [3.8, 4) is 0 Å². The maximum atomic E-state index is 12.8. The summed E-state index contributed by atoms with van der Waals surface area (Å²) in [5.74, 6) is -0.216. The van der Waals surface area contributed by atoms with Gasteiger partial charge in [-0.1, -0.05) is 6.92 Å². The SMILES string of the molecule is CCC1(c2cncc(F)c2)CC1. The van der Waals surface area contributed by atoms with Crippen molar-refractivity contribution >= 4 is 0 Å². The van der Waals surface area contributed by atoms with Gasteiger partial charge >= 0.3 is 0 Å². The molecule has 0 spiro atoms. The molecule has 12 heavy (non-hydrogen) atoms. The minimum absolute atomic E-state index is 0.216. The van der Waals surface area contributed by atoms with E-state index in [1.807, 2.05) is 0 Å². The van der Waals surface area contributed by atoms with Crippen LogP contribution in [0.2, 0.25) is 0 Å². The van der Waals surface area contributed by atoms with Gasteiger partial charge in [0, 0.05) is 6.20 Å². The fourth-order valence-electron chi connectivity index (χ4n) is 1.70. The first-order valence-electron chi connectivity index (χ1n) is 4.38. The molecule has 0 saturated heterocycles. The Balaban J connectivity index is 2.34. The number of hydrogen-bond acceptors (Lipinski definition) is 1. The summed E-state index contributed by atoms with van der Waals surface area (Å²) in [6.07, 6.45) is 6.52. The topological polar surface area (TPSA) is 12.9 Å². The molecule has 0 amide bonds. The molecule has 1 aliphatic rings. The van der Waals surface area contributed by atoms with Gasteiger partial charge in [-0.15, -0.1) is 0 Å². The van der Waals surface area contributed by atoms with Crippen molar-refractivity contribution in [3.05, 3.63) is 29.8 Å². The molecule has 1 aliphatic carbocycles. The first kappa shape index (κ1) is 7.71. The van der Waals surface area contributed by atoms with Crippen LogP contribution in [0.15, 0.2) is 18.5 Å². The fraction of sp³-hybridized carbons (Fsp3) is 0.500. The normalized spacial score (nSPS) is 19.2. The number of hydrogen-bond donors (Lipinski definition) is 0. The monoisotopic (exact) mass is 165 g/mol. The first-order chi connectivity index (χ1) is 5.77. The van der Waals surface area contributed by atoms with Crippen molar-refractivity contribution in [2.24, 2.45) is 0 Å². The molecule has 1 nitrogen and oxygen atoms in total. The number of rotatable bonds is 2. The molecule has 0 bridgehead atoms. The molecule has 1 fully saturated rings. The largest absolute Gasteiger partial charge is 0.261 e. The molecule has 0 aromatic carbocycles. The van der Waals surface area contributed by atoms with Crippen LogP contribution in [0.1, 0.15) is 31.7 Å². The van der Waals surface area contributed by atoms with E-state index in [9.17, 15) is 4.39 Å². The number of nitrogens with zero attached hydrogens (tertiary/aromatic N) is 1. The Morgan fingerprint density at radius 1 is 1.50 bits per heavy atom. The van der Waals surface area contributed by atoms with Crippen LogP contribution in [0, 0.1) is 5.82 Å². The highest BCUT2D eigenvalue weighted by Crippen LogP contribution is 2.50. The van der Waals surface area contributed by atoms with Gasteiger partial charge < -0.3 is 0 Å². The van der Waals surface area contributed by atoms with Gasteiger partial charge in [0.15, 0.2) is 0 Å². The third-order valence-corrected chi connectivity index (χ3v) is 2.85. The molecule has 2 heteroatoms. The minimum atomic E-state index is -0.216. The molecule has 0 aliphatic heterocycles. The van der Waals surface area contributed by atoms with Gasteiger partial charge in [-0.05, 0) is 36.3 Å². The molecule has 1 saturated carbocycles. The summed E-state index contributed by atoms with van der Waals surface area (Å²) in [5.41, 5.74) is 1.35. The molecule has 2 rings (SSSR count). The summed E-state index contributed by atoms with van der Waals surface area (Å²) in [7, 11) is 0. The maximum Gasteiger partial charge on any atom is 0.141 e. The number of pyridine rings is 1. The van der Waals surface area contributed by atoms with E-state index >= 15 is 0 Å². The van der Waals surface area contributed by atoms with Crippen molar-refractivity contribution in [2.75, 3.05) is 0 Å². The van der Waals surface area contributed by atoms with Crippen molar-refractivity contribution in [3.63, 3.8) is 0 Å². The first-order valence-corrected chi connectivity index (χ1v) is 4.38. The highest BCUT2D eigenvalue weighted by Gasteiger charge is 2.42. The van der Waals surface area contributed by atoms with E-state index in [1.54, 1.807) is 12.3 Å². The van der Waals surface area contributed by atoms with E-state index in [2.05, 4.69) is 11.9 Å². The van der Waals surface area contributed by atoms with Gasteiger partial charge in [0.25, 0.3) is 0 Å². The van der Waals surface area contributed by atoms with E-state index in [0.29, 0.717) is 0 Å². The third kappa shape index (κ3) is 1.11. The number of aromatic nitrogens is 1. The second kappa shape index (κ2) is 2.54. The summed E-state index contributed by atoms with van der Waals surface area (Å²) in [4.78, 5) is 3.86. The molecule has 64 valence electrons. The van der Waals surface area contributed by atoms with Gasteiger partial charge in [-0.25, -0.2) is 4.39 Å². The smallest absolute Gasteiger partial charge is 0.141 e. The summed E-state index contributed by atoms with van der Waals surface area (Å²) < 4.78 is 12.8. The van der Waals surface area contributed by atoms with Crippen LogP contribution in [-0.4, -0.2) is 4.98 Å². The van der Waals surface area contributed by atoms with E-state index in [-0.39, 0.29) is 11.2 Å². The number of halogens is 1. The zero-order chi connectivity index (χ0) is 8.60. The van der Waals surface area contributed by atoms with Gasteiger partial charge in [0.2, 0.25) is 0 Å². The Morgan fingerprint density at radius 3 is 2.75 bits per heavy atom. The Kier molecular flexibility index (Phi) is 1.63. The van der Waals surface area contributed by atoms with Crippen LogP contribution in [0.3, 0.4) is 0 Å². The van der Waals surface area contributed by atoms with Crippen LogP contribution in [0.5, 0.6) is 0 Å². The highest BCUT2D eigenvalue weighted by molar-refractivity contribution is 5.28. The van der Waals surface area contributed by atoms with Gasteiger partial charge in [0.05, 0.1) is 6.20 Å². The molecule has 1 aromatic rings. The van der Waals surface area contributed by atoms with Crippen LogP contribution in [0.4, 0.5) is 4.39 Å². The lowest BCUT2D eigenvalue weighted by Crippen LogP contribution is -2.05. The lowest BCUT2D eigenvalue weighted by atomic mass is 9.95. The summed E-state index contributed by atoms with van der Waals surface area (Å²) in [5, 5.41) is 0. The van der Waals surface area contributed by atoms with Gasteiger partial charge in [-0.2, -0.15) is 0 Å². The lowest BCUT2D eigenvalue weighted by molar-refractivity contribution is 0.601. The van der Waals surface area contributed by atoms with Gasteiger partial charge in [0.1, 0.15) is 5.82 Å². The molecule has 1 heterocycles. The quantitative estimate of drug-likeness (QED) is 0.656. The molecular weight excluding hydrogens is 153 g/mol. The molecule has 0 N–H and O–H groups in total. The van der Waals surface area contributed by atoms with Crippen LogP contribution in [-0.2, 0) is 5.41 Å². The Labute approximate surface area is 71.6 Å². The van der Waals surface area contributed by atoms with Crippen LogP contribution in [0.25, 0.3) is 0 Å². The molecule has 1 aromatic heterocycles. The second-order valence-corrected chi connectivity index (χ2v) is 3.53. The van der Waals surface area contributed by atoms with Crippen molar-refractivity contribution in [1.29, 1.82) is 0 Å². The Hall–Kier alpha value is -0.920. The van der Waals surface area contributed by atoms with E-state index in [0.717, 1.165) is 12.0 Å². The molecule has 0 unspecified atom stereocenters. The zero-order valence-corrected chi connectivity index (χ0v) is 7.18. The second-order valence-electron chi connectivity index (χ2n) is 3.53. The van der Waals surface area contributed by atoms with Crippen LogP contribution < -0.4 is 0 Å². The lowest BCUT2D eigenvalue weighted by Gasteiger charge is -2.11. The fourth-order valence-corrected chi connectivity index (χ4v) is 1.70. The van der Waals surface area contributed by atoms with E-state index < -0.39 is 0 Å². The molecule has 0 radical (unpaired) electrons. The third-order valence-electron chi connectivity index (χ3n) is 2.85. The zero-order valence-electron chi connectivity index (χ0n) is 7.18. The maximum absolute atomic E-state index is 12.8. The van der Waals surface area contributed by atoms with Crippen molar-refractivity contribution in [2.45, 2.75) is 31.6 Å². The van der Waals surface area contributed by atoms with E-state index in [1.165, 1.54) is 19.0 Å². The standard InChI is InChI=1S/C10H12FN/c1-2-10(3-4-10)8-5-9(11)7-12-6-8/h5-7H,2-4H2,1H3. The summed E-state index contributed by atoms with van der Waals surface area (Å²) >= 11 is 0. The predicted molar refractivity (Wildman–Crippen MR) is 45.4 cm³/mol. The van der Waals surface area contributed by atoms with Crippen molar-refractivity contribution in [1.82, 2.24) is 4.98 Å². The van der Waals surface area contributed by atoms with Crippen LogP contribution >= 0.6 is 0 Å². The predicted octanol–water partition coefficient (Wildman–Crippen LogP) is 2.66. The minimum Gasteiger partial charge on any atom is -0.261 e. The molecule has 0 atom stereocenters. The summed E-state index contributed by atoms with van der Waals surface area (Å²) in [6, 6.07) is 1.61. The van der Waals surface area contributed by atoms with Crippen molar-refractivity contribution < 1.29 is 4.39 Å².